The monoisotopic (exact) mass is 684 g/mol. The highest BCUT2D eigenvalue weighted by Crippen LogP contribution is 2.48. The molecule has 2 amide bonds. The van der Waals surface area contributed by atoms with Crippen LogP contribution in [0.2, 0.25) is 18.6 Å². The maximum atomic E-state index is 14.5. The molecule has 0 bridgehead atoms. The van der Waals surface area contributed by atoms with Crippen LogP contribution in [0.5, 0.6) is 11.5 Å². The van der Waals surface area contributed by atoms with Gasteiger partial charge in [-0.05, 0) is 60.7 Å². The molecule has 1 saturated heterocycles. The van der Waals surface area contributed by atoms with Gasteiger partial charge in [0.2, 0.25) is 11.8 Å². The molecule has 3 aliphatic rings. The highest BCUT2D eigenvalue weighted by atomic mass is 28.3. The minimum Gasteiger partial charge on any atom is -0.497 e. The number of amides is 2. The Balaban J connectivity index is 1.35. The van der Waals surface area contributed by atoms with E-state index in [1.165, 1.54) is 10.8 Å². The Kier molecular flexibility index (Phi) is 10.8. The molecule has 0 aliphatic carbocycles. The van der Waals surface area contributed by atoms with Crippen LogP contribution in [-0.4, -0.2) is 69.4 Å². The fraction of sp³-hybridized carbons (Fsp3) is 0.500. The van der Waals surface area contributed by atoms with Crippen molar-refractivity contribution >= 4 is 30.8 Å². The summed E-state index contributed by atoms with van der Waals surface area (Å²) in [5.41, 5.74) is 4.05. The molecule has 0 spiro atoms. The van der Waals surface area contributed by atoms with Crippen LogP contribution in [0.3, 0.4) is 0 Å². The summed E-state index contributed by atoms with van der Waals surface area (Å²) in [7, 11) is 0.986. The van der Waals surface area contributed by atoms with Gasteiger partial charge < -0.3 is 29.1 Å². The molecule has 6 rings (SSSR count). The number of hydrogen-bond acceptors (Lipinski definition) is 6. The van der Waals surface area contributed by atoms with Gasteiger partial charge >= 0.3 is 0 Å². The van der Waals surface area contributed by atoms with Gasteiger partial charge in [-0.3, -0.25) is 9.59 Å². The standard InChI is InChI=1S/C40H52N2O6Si/c1-27-39(47-3)34-23-30(41-21-11-7-6-8-14-37(41)44)15-20-35(34)48-40(27)36(49(4,5)33-18-16-32(46-2)17-19-33)24-38(45)42-25-29-13-10-9-12-28(29)22-31(42)26-43/h9-10,12-13,15-20,23,27,31,36,39-40,43H,6-8,11,14,21-22,24-26H2,1-5H3/t27-,31-,36?,39-,40-/m0/s1. The highest BCUT2D eigenvalue weighted by Gasteiger charge is 2.49. The molecule has 5 atom stereocenters. The summed E-state index contributed by atoms with van der Waals surface area (Å²) in [5, 5.41) is 11.6. The molecule has 3 aromatic carbocycles. The van der Waals surface area contributed by atoms with Gasteiger partial charge in [0.05, 0.1) is 33.9 Å². The fourth-order valence-corrected chi connectivity index (χ4v) is 11.7. The fourth-order valence-electron chi connectivity index (χ4n) is 8.33. The van der Waals surface area contributed by atoms with E-state index in [9.17, 15) is 14.7 Å². The van der Waals surface area contributed by atoms with E-state index < -0.39 is 8.07 Å². The Bertz CT molecular complexity index is 1630. The van der Waals surface area contributed by atoms with Crippen LogP contribution < -0.4 is 19.6 Å². The zero-order valence-electron chi connectivity index (χ0n) is 29.7. The third-order valence-corrected chi connectivity index (χ3v) is 15.6. The molecule has 8 nitrogen and oxygen atoms in total. The molecule has 3 heterocycles. The zero-order chi connectivity index (χ0) is 34.7. The van der Waals surface area contributed by atoms with E-state index in [-0.39, 0.29) is 48.1 Å². The first kappa shape index (κ1) is 35.2. The lowest BCUT2D eigenvalue weighted by Crippen LogP contribution is -2.56. The average Bonchev–Trinajstić information content (AvgIpc) is 3.11. The summed E-state index contributed by atoms with van der Waals surface area (Å²) >= 11 is 0. The molecular formula is C40H52N2O6Si. The molecule has 0 radical (unpaired) electrons. The summed E-state index contributed by atoms with van der Waals surface area (Å²) in [6.45, 7) is 7.94. The van der Waals surface area contributed by atoms with Crippen LogP contribution in [0.25, 0.3) is 0 Å². The molecule has 9 heteroatoms. The Morgan fingerprint density at radius 3 is 2.45 bits per heavy atom. The average molecular weight is 685 g/mol. The first-order valence-electron chi connectivity index (χ1n) is 17.9. The number of aliphatic hydroxyl groups is 1. The molecule has 3 aromatic rings. The Labute approximate surface area is 292 Å². The minimum absolute atomic E-state index is 0.0362. The largest absolute Gasteiger partial charge is 0.497 e. The summed E-state index contributed by atoms with van der Waals surface area (Å²) in [6.07, 6.45) is 5.09. The van der Waals surface area contributed by atoms with E-state index in [4.69, 9.17) is 14.2 Å². The van der Waals surface area contributed by atoms with Crippen molar-refractivity contribution in [3.05, 3.63) is 83.4 Å². The van der Waals surface area contributed by atoms with Crippen molar-refractivity contribution in [1.82, 2.24) is 4.90 Å². The molecule has 0 saturated carbocycles. The molecule has 0 aromatic heterocycles. The van der Waals surface area contributed by atoms with E-state index in [0.29, 0.717) is 25.8 Å². The van der Waals surface area contributed by atoms with Crippen molar-refractivity contribution in [1.29, 1.82) is 0 Å². The quantitative estimate of drug-likeness (QED) is 0.263. The van der Waals surface area contributed by atoms with Crippen LogP contribution in [0.1, 0.15) is 68.2 Å². The van der Waals surface area contributed by atoms with Gasteiger partial charge in [-0.25, -0.2) is 0 Å². The van der Waals surface area contributed by atoms with Crippen LogP contribution in [0.4, 0.5) is 5.69 Å². The lowest BCUT2D eigenvalue weighted by atomic mass is 9.86. The van der Waals surface area contributed by atoms with E-state index in [1.54, 1.807) is 14.2 Å². The number of nitrogens with zero attached hydrogens (tertiary/aromatic N) is 2. The first-order chi connectivity index (χ1) is 23.7. The minimum atomic E-state index is -2.42. The van der Waals surface area contributed by atoms with E-state index >= 15 is 0 Å². The number of benzene rings is 3. The van der Waals surface area contributed by atoms with Crippen molar-refractivity contribution in [2.45, 2.75) is 95.3 Å². The third-order valence-electron chi connectivity index (χ3n) is 11.4. The maximum absolute atomic E-state index is 14.5. The van der Waals surface area contributed by atoms with Gasteiger partial charge in [0.25, 0.3) is 0 Å². The van der Waals surface area contributed by atoms with E-state index in [2.05, 4.69) is 50.3 Å². The highest BCUT2D eigenvalue weighted by molar-refractivity contribution is 6.91. The van der Waals surface area contributed by atoms with Crippen LogP contribution in [0, 0.1) is 5.92 Å². The maximum Gasteiger partial charge on any atom is 0.226 e. The normalized spacial score (nSPS) is 23.4. The lowest BCUT2D eigenvalue weighted by Gasteiger charge is -2.46. The second kappa shape index (κ2) is 15.1. The van der Waals surface area contributed by atoms with Crippen molar-refractivity contribution in [2.24, 2.45) is 5.92 Å². The number of anilines is 1. The number of aliphatic hydroxyl groups excluding tert-OH is 1. The Morgan fingerprint density at radius 1 is 1.00 bits per heavy atom. The molecule has 3 aliphatic heterocycles. The number of methoxy groups -OCH3 is 2. The van der Waals surface area contributed by atoms with E-state index in [0.717, 1.165) is 60.5 Å². The summed E-state index contributed by atoms with van der Waals surface area (Å²) < 4.78 is 18.7. The second-order valence-corrected chi connectivity index (χ2v) is 19.4. The van der Waals surface area contributed by atoms with Gasteiger partial charge in [0.1, 0.15) is 17.6 Å². The number of rotatable bonds is 9. The van der Waals surface area contributed by atoms with Gasteiger partial charge in [-0.1, -0.05) is 74.4 Å². The van der Waals surface area contributed by atoms with Crippen LogP contribution >= 0.6 is 0 Å². The lowest BCUT2D eigenvalue weighted by molar-refractivity contribution is -0.136. The second-order valence-electron chi connectivity index (χ2n) is 14.6. The molecule has 262 valence electrons. The SMILES string of the molecule is COc1ccc([Si](C)(C)C(CC(=O)N2Cc3ccccc3C[C@H]2CO)[C@H]2Oc3ccc(N4CCCCCCC4=O)cc3[C@@H](OC)[C@@H]2C)cc1. The summed E-state index contributed by atoms with van der Waals surface area (Å²) in [5.74, 6) is 1.67. The van der Waals surface area contributed by atoms with Crippen LogP contribution in [-0.2, 0) is 27.3 Å². The van der Waals surface area contributed by atoms with E-state index in [1.807, 2.05) is 46.2 Å². The van der Waals surface area contributed by atoms with Crippen molar-refractivity contribution in [2.75, 3.05) is 32.3 Å². The topological polar surface area (TPSA) is 88.5 Å². The third kappa shape index (κ3) is 7.16. The number of hydrogen-bond donors (Lipinski definition) is 1. The van der Waals surface area contributed by atoms with Gasteiger partial charge in [-0.2, -0.15) is 0 Å². The number of fused-ring (bicyclic) bond motifs is 2. The number of carbonyl (C=O) groups excluding carboxylic acids is 2. The van der Waals surface area contributed by atoms with Crippen molar-refractivity contribution in [3.63, 3.8) is 0 Å². The smallest absolute Gasteiger partial charge is 0.226 e. The molecule has 49 heavy (non-hydrogen) atoms. The van der Waals surface area contributed by atoms with Gasteiger partial charge in [0, 0.05) is 55.8 Å². The zero-order valence-corrected chi connectivity index (χ0v) is 30.7. The van der Waals surface area contributed by atoms with Crippen molar-refractivity contribution < 1.29 is 28.9 Å². The predicted molar refractivity (Wildman–Crippen MR) is 195 cm³/mol. The van der Waals surface area contributed by atoms with Crippen LogP contribution in [0.15, 0.2) is 66.7 Å². The summed E-state index contributed by atoms with van der Waals surface area (Å²) in [6, 6.07) is 22.3. The number of carbonyl (C=O) groups is 2. The molecule has 1 fully saturated rings. The van der Waals surface area contributed by atoms with Crippen molar-refractivity contribution in [3.8, 4) is 11.5 Å². The first-order valence-corrected chi connectivity index (χ1v) is 21.0. The van der Waals surface area contributed by atoms with Gasteiger partial charge in [0.15, 0.2) is 0 Å². The summed E-state index contributed by atoms with van der Waals surface area (Å²) in [4.78, 5) is 31.5. The molecule has 1 N–H and O–H groups in total. The Hall–Kier alpha value is -3.66. The van der Waals surface area contributed by atoms with Gasteiger partial charge in [-0.15, -0.1) is 0 Å². The molecular weight excluding hydrogens is 633 g/mol. The predicted octanol–water partition coefficient (Wildman–Crippen LogP) is 6.40. The molecule has 1 unspecified atom stereocenters. The Morgan fingerprint density at radius 2 is 1.73 bits per heavy atom. The number of ether oxygens (including phenoxy) is 3.